The molecule has 6 heteroatoms. The van der Waals surface area contributed by atoms with Crippen LogP contribution in [0, 0.1) is 0 Å². The van der Waals surface area contributed by atoms with Gasteiger partial charge in [-0.2, -0.15) is 8.42 Å². The number of aromatic nitrogens is 1. The molecule has 0 amide bonds. The lowest BCUT2D eigenvalue weighted by Gasteiger charge is -2.19. The summed E-state index contributed by atoms with van der Waals surface area (Å²) in [5.74, 6) is 0.179. The van der Waals surface area contributed by atoms with E-state index in [1.54, 1.807) is 30.5 Å². The van der Waals surface area contributed by atoms with Crippen molar-refractivity contribution in [3.63, 3.8) is 0 Å². The molecule has 0 bridgehead atoms. The minimum atomic E-state index is -3.78. The highest BCUT2D eigenvalue weighted by atomic mass is 32.2. The van der Waals surface area contributed by atoms with Gasteiger partial charge in [0, 0.05) is 11.8 Å². The molecule has 150 valence electrons. The van der Waals surface area contributed by atoms with Crippen molar-refractivity contribution in [3.05, 3.63) is 101 Å². The van der Waals surface area contributed by atoms with Crippen molar-refractivity contribution in [2.75, 3.05) is 0 Å². The number of rotatable bonds is 8. The van der Waals surface area contributed by atoms with Crippen LogP contribution in [0.3, 0.4) is 0 Å². The maximum atomic E-state index is 12.4. The summed E-state index contributed by atoms with van der Waals surface area (Å²) in [5, 5.41) is 11.0. The minimum Gasteiger partial charge on any atom is -0.384 e. The molecule has 1 aliphatic rings. The lowest BCUT2D eigenvalue weighted by atomic mass is 9.93. The lowest BCUT2D eigenvalue weighted by molar-refractivity contribution is 0.212. The number of hydrogen-bond acceptors (Lipinski definition) is 5. The van der Waals surface area contributed by atoms with Crippen LogP contribution in [0.4, 0.5) is 0 Å². The van der Waals surface area contributed by atoms with Crippen LogP contribution in [0.2, 0.25) is 0 Å². The zero-order valence-electron chi connectivity index (χ0n) is 15.9. The fourth-order valence-electron chi connectivity index (χ4n) is 3.48. The van der Waals surface area contributed by atoms with Crippen LogP contribution in [0.15, 0.2) is 72.9 Å². The van der Waals surface area contributed by atoms with Crippen molar-refractivity contribution in [1.82, 2.24) is 4.98 Å². The molecule has 1 fully saturated rings. The van der Waals surface area contributed by atoms with E-state index < -0.39 is 16.2 Å². The molecule has 1 atom stereocenters. The zero-order chi connectivity index (χ0) is 20.3. The van der Waals surface area contributed by atoms with E-state index in [0.29, 0.717) is 22.7 Å². The van der Waals surface area contributed by atoms with Crippen LogP contribution in [0.25, 0.3) is 0 Å². The number of aliphatic hydroxyl groups excluding tert-OH is 1. The van der Waals surface area contributed by atoms with E-state index in [9.17, 15) is 13.5 Å². The molecule has 29 heavy (non-hydrogen) atoms. The maximum absolute atomic E-state index is 12.4. The van der Waals surface area contributed by atoms with Gasteiger partial charge in [0.15, 0.2) is 0 Å². The van der Waals surface area contributed by atoms with E-state index in [1.165, 1.54) is 0 Å². The molecule has 2 aromatic carbocycles. The standard InChI is InChI=1S/C23H23NO4S/c25-23(19-9-5-2-6-10-19)22-20(18-11-12-18)13-14-24-21(22)15-28-29(26,27)16-17-7-3-1-4-8-17/h1-10,13-14,18,23,25H,11-12,15-16H2. The summed E-state index contributed by atoms with van der Waals surface area (Å²) in [6, 6.07) is 20.2. The monoisotopic (exact) mass is 409 g/mol. The summed E-state index contributed by atoms with van der Waals surface area (Å²) in [6.07, 6.45) is 2.91. The van der Waals surface area contributed by atoms with Gasteiger partial charge >= 0.3 is 0 Å². The molecule has 1 unspecified atom stereocenters. The largest absolute Gasteiger partial charge is 0.384 e. The third-order valence-electron chi connectivity index (χ3n) is 5.07. The molecule has 0 radical (unpaired) electrons. The fraction of sp³-hybridized carbons (Fsp3) is 0.261. The summed E-state index contributed by atoms with van der Waals surface area (Å²) in [5.41, 5.74) is 3.56. The molecule has 1 saturated carbocycles. The Morgan fingerprint density at radius 1 is 1.00 bits per heavy atom. The van der Waals surface area contributed by atoms with E-state index in [2.05, 4.69) is 4.98 Å². The van der Waals surface area contributed by atoms with E-state index in [-0.39, 0.29) is 12.4 Å². The van der Waals surface area contributed by atoms with Crippen molar-refractivity contribution >= 4 is 10.1 Å². The van der Waals surface area contributed by atoms with Gasteiger partial charge in [0.25, 0.3) is 10.1 Å². The SMILES string of the molecule is O=S(=O)(Cc1ccccc1)OCc1nccc(C2CC2)c1C(O)c1ccccc1. The molecule has 0 saturated heterocycles. The van der Waals surface area contributed by atoms with Gasteiger partial charge in [0.2, 0.25) is 0 Å². The van der Waals surface area contributed by atoms with E-state index in [0.717, 1.165) is 24.0 Å². The van der Waals surface area contributed by atoms with Crippen LogP contribution in [0.1, 0.15) is 52.8 Å². The van der Waals surface area contributed by atoms with Crippen LogP contribution in [-0.4, -0.2) is 18.5 Å². The molecule has 1 aromatic heterocycles. The van der Waals surface area contributed by atoms with Gasteiger partial charge in [-0.25, -0.2) is 0 Å². The van der Waals surface area contributed by atoms with Gasteiger partial charge < -0.3 is 5.11 Å². The number of benzene rings is 2. The Morgan fingerprint density at radius 3 is 2.31 bits per heavy atom. The molecular formula is C23H23NO4S. The second kappa shape index (κ2) is 8.45. The summed E-state index contributed by atoms with van der Waals surface area (Å²) in [6.45, 7) is -0.199. The molecule has 0 aliphatic heterocycles. The van der Waals surface area contributed by atoms with E-state index in [1.807, 2.05) is 42.5 Å². The van der Waals surface area contributed by atoms with Crippen molar-refractivity contribution in [2.24, 2.45) is 0 Å². The van der Waals surface area contributed by atoms with Crippen molar-refractivity contribution in [2.45, 2.75) is 37.2 Å². The van der Waals surface area contributed by atoms with Gasteiger partial charge in [-0.1, -0.05) is 60.7 Å². The summed E-state index contributed by atoms with van der Waals surface area (Å²) in [4.78, 5) is 4.36. The first-order valence-corrected chi connectivity index (χ1v) is 11.2. The first-order chi connectivity index (χ1) is 14.0. The third-order valence-corrected chi connectivity index (χ3v) is 6.24. The Labute approximate surface area is 171 Å². The number of nitrogens with zero attached hydrogens (tertiary/aromatic N) is 1. The number of pyridine rings is 1. The smallest absolute Gasteiger partial charge is 0.271 e. The Bertz CT molecular complexity index is 1060. The van der Waals surface area contributed by atoms with Gasteiger partial charge in [0.1, 0.15) is 18.5 Å². The average molecular weight is 410 g/mol. The van der Waals surface area contributed by atoms with Gasteiger partial charge in [-0.05, 0) is 41.5 Å². The first kappa shape index (κ1) is 19.8. The van der Waals surface area contributed by atoms with Crippen molar-refractivity contribution < 1.29 is 17.7 Å². The molecule has 1 N–H and O–H groups in total. The highest BCUT2D eigenvalue weighted by Gasteiger charge is 2.31. The van der Waals surface area contributed by atoms with Crippen molar-refractivity contribution in [1.29, 1.82) is 0 Å². The molecule has 3 aromatic rings. The Hall–Kier alpha value is -2.54. The van der Waals surface area contributed by atoms with Gasteiger partial charge in [-0.15, -0.1) is 0 Å². The Balaban J connectivity index is 1.59. The summed E-state index contributed by atoms with van der Waals surface area (Å²) >= 11 is 0. The fourth-order valence-corrected chi connectivity index (χ4v) is 4.46. The minimum absolute atomic E-state index is 0.199. The summed E-state index contributed by atoms with van der Waals surface area (Å²) in [7, 11) is -3.78. The second-order valence-corrected chi connectivity index (χ2v) is 8.94. The third kappa shape index (κ3) is 4.90. The zero-order valence-corrected chi connectivity index (χ0v) is 16.8. The van der Waals surface area contributed by atoms with Crippen LogP contribution in [-0.2, 0) is 26.7 Å². The lowest BCUT2D eigenvalue weighted by Crippen LogP contribution is -2.14. The normalized spacial score (nSPS) is 15.2. The van der Waals surface area contributed by atoms with Crippen LogP contribution < -0.4 is 0 Å². The molecule has 1 aliphatic carbocycles. The molecule has 5 nitrogen and oxygen atoms in total. The van der Waals surface area contributed by atoms with Crippen LogP contribution in [0.5, 0.6) is 0 Å². The average Bonchev–Trinajstić information content (AvgIpc) is 3.58. The van der Waals surface area contributed by atoms with Gasteiger partial charge in [-0.3, -0.25) is 9.17 Å². The predicted molar refractivity (Wildman–Crippen MR) is 111 cm³/mol. The van der Waals surface area contributed by atoms with E-state index in [4.69, 9.17) is 4.18 Å². The molecule has 1 heterocycles. The second-order valence-electron chi connectivity index (χ2n) is 7.30. The highest BCUT2D eigenvalue weighted by Crippen LogP contribution is 2.44. The van der Waals surface area contributed by atoms with E-state index >= 15 is 0 Å². The quantitative estimate of drug-likeness (QED) is 0.567. The molecule has 4 rings (SSSR count). The Kier molecular flexibility index (Phi) is 5.76. The van der Waals surface area contributed by atoms with Gasteiger partial charge in [0.05, 0.1) is 5.69 Å². The maximum Gasteiger partial charge on any atom is 0.271 e. The number of aliphatic hydroxyl groups is 1. The Morgan fingerprint density at radius 2 is 1.66 bits per heavy atom. The summed E-state index contributed by atoms with van der Waals surface area (Å²) < 4.78 is 30.2. The van der Waals surface area contributed by atoms with Crippen LogP contribution >= 0.6 is 0 Å². The first-order valence-electron chi connectivity index (χ1n) is 9.65. The predicted octanol–water partition coefficient (Wildman–Crippen LogP) is 4.09. The molecular weight excluding hydrogens is 386 g/mol. The highest BCUT2D eigenvalue weighted by molar-refractivity contribution is 7.85. The van der Waals surface area contributed by atoms with Crippen molar-refractivity contribution in [3.8, 4) is 0 Å². The number of hydrogen-bond donors (Lipinski definition) is 1. The molecule has 0 spiro atoms. The topological polar surface area (TPSA) is 76.5 Å².